The average molecular weight is 253 g/mol. The second kappa shape index (κ2) is 5.50. The number of nitrogens with one attached hydrogen (secondary N) is 1. The van der Waals surface area contributed by atoms with Crippen molar-refractivity contribution in [1.29, 1.82) is 0 Å². The molecule has 17 heavy (non-hydrogen) atoms. The first-order valence-corrected chi connectivity index (χ1v) is 6.45. The van der Waals surface area contributed by atoms with E-state index in [2.05, 4.69) is 10.3 Å². The molecule has 0 aromatic carbocycles. The first-order chi connectivity index (χ1) is 8.16. The highest BCUT2D eigenvalue weighted by atomic mass is 35.5. The summed E-state index contributed by atoms with van der Waals surface area (Å²) in [5, 5.41) is 3.14. The van der Waals surface area contributed by atoms with Gasteiger partial charge in [0.1, 0.15) is 0 Å². The van der Waals surface area contributed by atoms with E-state index in [1.165, 1.54) is 6.42 Å². The molecule has 1 aromatic rings. The number of nitrogens with zero attached hydrogens (tertiary/aromatic N) is 1. The van der Waals surface area contributed by atoms with Gasteiger partial charge in [-0.2, -0.15) is 0 Å². The van der Waals surface area contributed by atoms with Crippen LogP contribution in [-0.2, 0) is 0 Å². The number of hydrogen-bond acceptors (Lipinski definition) is 2. The number of carbonyl (C=O) groups is 1. The minimum Gasteiger partial charge on any atom is -0.352 e. The molecule has 2 rings (SSSR count). The van der Waals surface area contributed by atoms with Crippen LogP contribution in [0.2, 0.25) is 0 Å². The molecular weight excluding hydrogens is 236 g/mol. The zero-order valence-corrected chi connectivity index (χ0v) is 10.7. The molecule has 0 bridgehead atoms. The van der Waals surface area contributed by atoms with E-state index >= 15 is 0 Å². The summed E-state index contributed by atoms with van der Waals surface area (Å²) in [7, 11) is 0. The van der Waals surface area contributed by atoms with Crippen molar-refractivity contribution < 1.29 is 4.79 Å². The number of aryl methyl sites for hydroxylation is 1. The van der Waals surface area contributed by atoms with Gasteiger partial charge >= 0.3 is 0 Å². The predicted molar refractivity (Wildman–Crippen MR) is 68.3 cm³/mol. The van der Waals surface area contributed by atoms with Crippen LogP contribution in [0.3, 0.4) is 0 Å². The maximum Gasteiger partial charge on any atom is 0.252 e. The highest BCUT2D eigenvalue weighted by Gasteiger charge is 2.25. The van der Waals surface area contributed by atoms with Crippen LogP contribution < -0.4 is 5.32 Å². The van der Waals surface area contributed by atoms with Gasteiger partial charge in [0.15, 0.2) is 0 Å². The fourth-order valence-corrected chi connectivity index (χ4v) is 2.52. The smallest absolute Gasteiger partial charge is 0.252 e. The summed E-state index contributed by atoms with van der Waals surface area (Å²) in [4.78, 5) is 15.9. The topological polar surface area (TPSA) is 42.0 Å². The molecule has 0 radical (unpaired) electrons. The van der Waals surface area contributed by atoms with Crippen molar-refractivity contribution in [3.8, 4) is 0 Å². The third-order valence-corrected chi connectivity index (χ3v) is 3.84. The Labute approximate surface area is 107 Å². The number of halogens is 1. The number of hydrogen-bond donors (Lipinski definition) is 1. The summed E-state index contributed by atoms with van der Waals surface area (Å²) in [6.07, 6.45) is 4.95. The quantitative estimate of drug-likeness (QED) is 0.840. The molecule has 1 amide bonds. The standard InChI is InChI=1S/C13H17ClN2O/c1-9-5-6-11(8-15-9)13(17)16-7-10-3-2-4-12(10)14/h5-6,8,10,12H,2-4,7H2,1H3,(H,16,17). The monoisotopic (exact) mass is 252 g/mol. The lowest BCUT2D eigenvalue weighted by Crippen LogP contribution is -2.31. The molecule has 1 N–H and O–H groups in total. The lowest BCUT2D eigenvalue weighted by Gasteiger charge is -2.14. The van der Waals surface area contributed by atoms with Crippen molar-refractivity contribution in [2.45, 2.75) is 31.6 Å². The Morgan fingerprint density at radius 3 is 2.94 bits per heavy atom. The van der Waals surface area contributed by atoms with E-state index in [0.717, 1.165) is 18.5 Å². The number of amides is 1. The van der Waals surface area contributed by atoms with Gasteiger partial charge in [0.2, 0.25) is 0 Å². The molecule has 1 aliphatic carbocycles. The molecule has 92 valence electrons. The molecule has 0 saturated heterocycles. The summed E-state index contributed by atoms with van der Waals surface area (Å²) in [5.74, 6) is 0.354. The van der Waals surface area contributed by atoms with Crippen LogP contribution in [0, 0.1) is 12.8 Å². The van der Waals surface area contributed by atoms with E-state index in [1.54, 1.807) is 12.3 Å². The van der Waals surface area contributed by atoms with Crippen LogP contribution in [0.4, 0.5) is 0 Å². The lowest BCUT2D eigenvalue weighted by atomic mass is 10.1. The molecule has 0 spiro atoms. The number of alkyl halides is 1. The number of pyridine rings is 1. The van der Waals surface area contributed by atoms with E-state index in [0.29, 0.717) is 18.0 Å². The Morgan fingerprint density at radius 1 is 1.53 bits per heavy atom. The first kappa shape index (κ1) is 12.4. The minimum atomic E-state index is -0.0618. The highest BCUT2D eigenvalue weighted by molar-refractivity contribution is 6.21. The SMILES string of the molecule is Cc1ccc(C(=O)NCC2CCCC2Cl)cn1. The van der Waals surface area contributed by atoms with E-state index in [4.69, 9.17) is 11.6 Å². The zero-order valence-electron chi connectivity index (χ0n) is 9.95. The van der Waals surface area contributed by atoms with E-state index in [9.17, 15) is 4.79 Å². The lowest BCUT2D eigenvalue weighted by molar-refractivity contribution is 0.0947. The van der Waals surface area contributed by atoms with Crippen molar-refractivity contribution >= 4 is 17.5 Å². The molecule has 1 aromatic heterocycles. The van der Waals surface area contributed by atoms with E-state index in [-0.39, 0.29) is 11.3 Å². The molecule has 0 aliphatic heterocycles. The van der Waals surface area contributed by atoms with Crippen molar-refractivity contribution in [3.63, 3.8) is 0 Å². The maximum absolute atomic E-state index is 11.8. The largest absolute Gasteiger partial charge is 0.352 e. The molecular formula is C13H17ClN2O. The summed E-state index contributed by atoms with van der Waals surface area (Å²) in [6.45, 7) is 2.57. The Balaban J connectivity index is 1.87. The van der Waals surface area contributed by atoms with Gasteiger partial charge in [-0.1, -0.05) is 6.42 Å². The Kier molecular flexibility index (Phi) is 4.00. The molecule has 1 heterocycles. The predicted octanol–water partition coefficient (Wildman–Crippen LogP) is 2.53. The number of rotatable bonds is 3. The molecule has 1 aliphatic rings. The van der Waals surface area contributed by atoms with Crippen molar-refractivity contribution in [1.82, 2.24) is 10.3 Å². The molecule has 2 atom stereocenters. The van der Waals surface area contributed by atoms with Gasteiger partial charge in [-0.25, -0.2) is 0 Å². The van der Waals surface area contributed by atoms with Gasteiger partial charge in [0, 0.05) is 23.8 Å². The first-order valence-electron chi connectivity index (χ1n) is 6.02. The van der Waals surface area contributed by atoms with Crippen LogP contribution >= 0.6 is 11.6 Å². The number of carbonyl (C=O) groups excluding carboxylic acids is 1. The second-order valence-corrected chi connectivity index (χ2v) is 5.17. The van der Waals surface area contributed by atoms with Crippen molar-refractivity contribution in [3.05, 3.63) is 29.6 Å². The van der Waals surface area contributed by atoms with Gasteiger partial charge < -0.3 is 5.32 Å². The van der Waals surface area contributed by atoms with Gasteiger partial charge in [-0.15, -0.1) is 11.6 Å². The van der Waals surface area contributed by atoms with Crippen LogP contribution in [0.5, 0.6) is 0 Å². The van der Waals surface area contributed by atoms with Crippen LogP contribution in [0.25, 0.3) is 0 Å². The van der Waals surface area contributed by atoms with Crippen LogP contribution in [0.15, 0.2) is 18.3 Å². The minimum absolute atomic E-state index is 0.0618. The molecule has 1 saturated carbocycles. The Hall–Kier alpha value is -1.09. The molecule has 2 unspecified atom stereocenters. The number of aromatic nitrogens is 1. The summed E-state index contributed by atoms with van der Waals surface area (Å²) >= 11 is 6.16. The van der Waals surface area contributed by atoms with Crippen molar-refractivity contribution in [2.75, 3.05) is 6.54 Å². The average Bonchev–Trinajstić information content (AvgIpc) is 2.73. The van der Waals surface area contributed by atoms with Gasteiger partial charge in [0.05, 0.1) is 5.56 Å². The molecule has 4 heteroatoms. The zero-order chi connectivity index (χ0) is 12.3. The normalized spacial score (nSPS) is 23.6. The van der Waals surface area contributed by atoms with Gasteiger partial charge in [0.25, 0.3) is 5.91 Å². The highest BCUT2D eigenvalue weighted by Crippen LogP contribution is 2.29. The van der Waals surface area contributed by atoms with Gasteiger partial charge in [-0.3, -0.25) is 9.78 Å². The Morgan fingerprint density at radius 2 is 2.35 bits per heavy atom. The van der Waals surface area contributed by atoms with Crippen LogP contribution in [-0.4, -0.2) is 22.8 Å². The summed E-state index contributed by atoms with van der Waals surface area (Å²) in [5.41, 5.74) is 1.53. The van der Waals surface area contributed by atoms with Gasteiger partial charge in [-0.05, 0) is 37.8 Å². The second-order valence-electron chi connectivity index (χ2n) is 4.61. The summed E-state index contributed by atoms with van der Waals surface area (Å²) < 4.78 is 0. The Bertz CT molecular complexity index is 391. The third kappa shape index (κ3) is 3.19. The fourth-order valence-electron chi connectivity index (χ4n) is 2.15. The van der Waals surface area contributed by atoms with E-state index in [1.807, 2.05) is 13.0 Å². The molecule has 3 nitrogen and oxygen atoms in total. The fraction of sp³-hybridized carbons (Fsp3) is 0.538. The van der Waals surface area contributed by atoms with E-state index < -0.39 is 0 Å². The van der Waals surface area contributed by atoms with Crippen LogP contribution in [0.1, 0.15) is 35.3 Å². The van der Waals surface area contributed by atoms with Crippen molar-refractivity contribution in [2.24, 2.45) is 5.92 Å². The summed E-state index contributed by atoms with van der Waals surface area (Å²) in [6, 6.07) is 3.64. The molecule has 1 fully saturated rings. The maximum atomic E-state index is 11.8. The third-order valence-electron chi connectivity index (χ3n) is 3.26.